The maximum absolute atomic E-state index is 12.6. The van der Waals surface area contributed by atoms with Crippen molar-refractivity contribution < 1.29 is 27.4 Å². The Morgan fingerprint density at radius 1 is 0.816 bits per heavy atom. The summed E-state index contributed by atoms with van der Waals surface area (Å²) in [5.41, 5.74) is 3.88. The van der Waals surface area contributed by atoms with Crippen LogP contribution in [-0.2, 0) is 6.61 Å². The van der Waals surface area contributed by atoms with Crippen molar-refractivity contribution >= 4 is 28.4 Å². The number of aromatic nitrogens is 2. The highest BCUT2D eigenvalue weighted by atomic mass is 19.4. The molecule has 0 fully saturated rings. The van der Waals surface area contributed by atoms with E-state index < -0.39 is 12.4 Å². The Balaban J connectivity index is 1.22. The highest BCUT2D eigenvalue weighted by Crippen LogP contribution is 2.28. The zero-order chi connectivity index (χ0) is 26.5. The predicted molar refractivity (Wildman–Crippen MR) is 138 cm³/mol. The molecule has 0 unspecified atom stereocenters. The van der Waals surface area contributed by atoms with Crippen molar-refractivity contribution in [2.45, 2.75) is 13.0 Å². The number of alkyl halides is 3. The first-order valence-electron chi connectivity index (χ1n) is 11.5. The van der Waals surface area contributed by atoms with Gasteiger partial charge in [-0.1, -0.05) is 54.6 Å². The van der Waals surface area contributed by atoms with Gasteiger partial charge in [-0.25, -0.2) is 4.79 Å². The number of hydrogen-bond acceptors (Lipinski definition) is 4. The summed E-state index contributed by atoms with van der Waals surface area (Å²) >= 11 is 0. The fraction of sp³-hybridized carbons (Fsp3) is 0.0714. The molecule has 5 aromatic rings. The third-order valence-electron chi connectivity index (χ3n) is 5.55. The molecule has 4 aromatic carbocycles. The molecule has 0 saturated heterocycles. The van der Waals surface area contributed by atoms with E-state index >= 15 is 0 Å². The van der Waals surface area contributed by atoms with Gasteiger partial charge in [-0.15, -0.1) is 13.2 Å². The Labute approximate surface area is 215 Å². The van der Waals surface area contributed by atoms with Crippen molar-refractivity contribution in [2.24, 2.45) is 0 Å². The number of urea groups is 1. The van der Waals surface area contributed by atoms with E-state index in [2.05, 4.69) is 25.6 Å². The van der Waals surface area contributed by atoms with Crippen molar-refractivity contribution in [2.75, 3.05) is 10.6 Å². The summed E-state index contributed by atoms with van der Waals surface area (Å²) < 4.78 is 47.1. The van der Waals surface area contributed by atoms with Gasteiger partial charge < -0.3 is 14.8 Å². The number of carbonyl (C=O) groups excluding carboxylic acids is 1. The van der Waals surface area contributed by atoms with Crippen molar-refractivity contribution in [3.8, 4) is 22.6 Å². The van der Waals surface area contributed by atoms with Crippen molar-refractivity contribution in [3.63, 3.8) is 0 Å². The minimum atomic E-state index is -4.77. The molecule has 192 valence electrons. The zero-order valence-corrected chi connectivity index (χ0v) is 19.8. The maximum Gasteiger partial charge on any atom is 0.573 e. The van der Waals surface area contributed by atoms with Gasteiger partial charge in [0.15, 0.2) is 5.82 Å². The number of ether oxygens (including phenoxy) is 2. The predicted octanol–water partition coefficient (Wildman–Crippen LogP) is 7.35. The second-order valence-corrected chi connectivity index (χ2v) is 8.29. The number of hydrogen-bond donors (Lipinski definition) is 3. The lowest BCUT2D eigenvalue weighted by atomic mass is 10.1. The first kappa shape index (κ1) is 24.7. The normalized spacial score (nSPS) is 11.2. The monoisotopic (exact) mass is 518 g/mol. The third-order valence-corrected chi connectivity index (χ3v) is 5.55. The van der Waals surface area contributed by atoms with Crippen LogP contribution in [0.2, 0.25) is 0 Å². The van der Waals surface area contributed by atoms with Gasteiger partial charge in [-0.3, -0.25) is 10.4 Å². The summed E-state index contributed by atoms with van der Waals surface area (Å²) in [6.07, 6.45) is -4.77. The van der Waals surface area contributed by atoms with Crippen LogP contribution < -0.4 is 20.1 Å². The molecule has 0 radical (unpaired) electrons. The number of carbonyl (C=O) groups is 1. The van der Waals surface area contributed by atoms with Crippen molar-refractivity contribution in [1.82, 2.24) is 10.2 Å². The van der Waals surface area contributed by atoms with Gasteiger partial charge in [-0.2, -0.15) is 5.10 Å². The molecule has 1 heterocycles. The molecule has 0 saturated carbocycles. The Morgan fingerprint density at radius 3 is 2.34 bits per heavy atom. The first-order valence-corrected chi connectivity index (χ1v) is 11.5. The number of fused-ring (bicyclic) bond motifs is 1. The Bertz CT molecular complexity index is 1550. The van der Waals surface area contributed by atoms with E-state index in [0.717, 1.165) is 11.1 Å². The summed E-state index contributed by atoms with van der Waals surface area (Å²) in [5.74, 6) is 0.418. The molecule has 0 bridgehead atoms. The van der Waals surface area contributed by atoms with E-state index in [4.69, 9.17) is 4.74 Å². The lowest BCUT2D eigenvalue weighted by Crippen LogP contribution is -2.19. The summed E-state index contributed by atoms with van der Waals surface area (Å²) in [6, 6.07) is 27.5. The van der Waals surface area contributed by atoms with Crippen LogP contribution in [0.25, 0.3) is 22.0 Å². The SMILES string of the molecule is O=C(Nc1ccc(-c2ccccc2)cc1)Nc1n[nH]c2ccc(OCc3cccc(OC(F)(F)F)c3)cc12. The number of rotatable bonds is 7. The van der Waals surface area contributed by atoms with Gasteiger partial charge in [-0.05, 0) is 59.2 Å². The van der Waals surface area contributed by atoms with Crippen LogP contribution >= 0.6 is 0 Å². The van der Waals surface area contributed by atoms with Crippen molar-refractivity contribution in [1.29, 1.82) is 0 Å². The molecule has 3 N–H and O–H groups in total. The molecule has 0 atom stereocenters. The summed E-state index contributed by atoms with van der Waals surface area (Å²) in [4.78, 5) is 12.6. The smallest absolute Gasteiger partial charge is 0.489 e. The fourth-order valence-electron chi connectivity index (χ4n) is 3.82. The van der Waals surface area contributed by atoms with Crippen LogP contribution in [0.4, 0.5) is 29.5 Å². The molecule has 10 heteroatoms. The fourth-order valence-corrected chi connectivity index (χ4v) is 3.82. The minimum Gasteiger partial charge on any atom is -0.489 e. The molecule has 38 heavy (non-hydrogen) atoms. The molecule has 1 aromatic heterocycles. The van der Waals surface area contributed by atoms with Crippen molar-refractivity contribution in [3.05, 3.63) is 103 Å². The lowest BCUT2D eigenvalue weighted by Gasteiger charge is -2.11. The highest BCUT2D eigenvalue weighted by molar-refractivity contribution is 6.04. The van der Waals surface area contributed by atoms with Crippen LogP contribution in [0.3, 0.4) is 0 Å². The van der Waals surface area contributed by atoms with E-state index in [-0.39, 0.29) is 12.4 Å². The average molecular weight is 518 g/mol. The number of aromatic amines is 1. The Morgan fingerprint density at radius 2 is 1.58 bits per heavy atom. The van der Waals surface area contributed by atoms with E-state index in [1.54, 1.807) is 24.3 Å². The molecular weight excluding hydrogens is 497 g/mol. The van der Waals surface area contributed by atoms with E-state index in [1.807, 2.05) is 54.6 Å². The number of amides is 2. The summed E-state index contributed by atoms with van der Waals surface area (Å²) in [6.45, 7) is 0.0145. The summed E-state index contributed by atoms with van der Waals surface area (Å²) in [5, 5.41) is 13.1. The van der Waals surface area contributed by atoms with Gasteiger partial charge in [0.1, 0.15) is 18.1 Å². The molecule has 7 nitrogen and oxygen atoms in total. The number of anilines is 2. The minimum absolute atomic E-state index is 0.0145. The van der Waals surface area contributed by atoms with Crippen LogP contribution in [0, 0.1) is 0 Å². The van der Waals surface area contributed by atoms with Gasteiger partial charge in [0.05, 0.1) is 5.52 Å². The highest BCUT2D eigenvalue weighted by Gasteiger charge is 2.31. The van der Waals surface area contributed by atoms with Gasteiger partial charge in [0, 0.05) is 11.1 Å². The topological polar surface area (TPSA) is 88.3 Å². The summed E-state index contributed by atoms with van der Waals surface area (Å²) in [7, 11) is 0. The van der Waals surface area contributed by atoms with Gasteiger partial charge in [0.2, 0.25) is 0 Å². The van der Waals surface area contributed by atoms with E-state index in [9.17, 15) is 18.0 Å². The van der Waals surface area contributed by atoms with Gasteiger partial charge in [0.25, 0.3) is 0 Å². The van der Waals surface area contributed by atoms with E-state index in [1.165, 1.54) is 18.2 Å². The van der Waals surface area contributed by atoms with Gasteiger partial charge >= 0.3 is 12.4 Å². The Kier molecular flexibility index (Phi) is 6.86. The third kappa shape index (κ3) is 6.22. The molecule has 0 aliphatic heterocycles. The molecule has 0 aliphatic carbocycles. The quantitative estimate of drug-likeness (QED) is 0.210. The van der Waals surface area contributed by atoms with E-state index in [0.29, 0.717) is 33.7 Å². The molecule has 2 amide bonds. The first-order chi connectivity index (χ1) is 18.3. The Hall–Kier alpha value is -4.99. The number of nitrogens with one attached hydrogen (secondary N) is 3. The zero-order valence-electron chi connectivity index (χ0n) is 19.8. The lowest BCUT2D eigenvalue weighted by molar-refractivity contribution is -0.274. The standard InChI is InChI=1S/C28H21F3N4O3/c29-28(30,31)38-23-8-4-5-18(15-23)17-37-22-13-14-25-24(16-22)26(35-34-25)33-27(36)32-21-11-9-20(10-12-21)19-6-2-1-3-7-19/h1-16H,17H2,(H3,32,33,34,35,36). The molecular formula is C28H21F3N4O3. The second-order valence-electron chi connectivity index (χ2n) is 8.29. The molecule has 0 spiro atoms. The van der Waals surface area contributed by atoms with Crippen LogP contribution in [0.15, 0.2) is 97.1 Å². The largest absolute Gasteiger partial charge is 0.573 e. The van der Waals surface area contributed by atoms with Crippen LogP contribution in [0.1, 0.15) is 5.56 Å². The molecule has 0 aliphatic rings. The number of halogens is 3. The van der Waals surface area contributed by atoms with Crippen LogP contribution in [0.5, 0.6) is 11.5 Å². The average Bonchev–Trinajstić information content (AvgIpc) is 3.29. The van der Waals surface area contributed by atoms with Crippen LogP contribution in [-0.4, -0.2) is 22.6 Å². The number of H-pyrrole nitrogens is 1. The number of benzene rings is 4. The maximum atomic E-state index is 12.6. The molecule has 5 rings (SSSR count). The number of nitrogens with zero attached hydrogens (tertiary/aromatic N) is 1. The second kappa shape index (κ2) is 10.6.